The lowest BCUT2D eigenvalue weighted by Crippen LogP contribution is -2.18. The Kier molecular flexibility index (Phi) is 4.04. The number of para-hydroxylation sites is 1. The molecule has 0 spiro atoms. The molecule has 0 bridgehead atoms. The number of hydrogen-bond donors (Lipinski definition) is 1. The van der Waals surface area contributed by atoms with Crippen LogP contribution in [0, 0.1) is 0 Å². The molecule has 2 aromatic carbocycles. The van der Waals surface area contributed by atoms with Gasteiger partial charge in [-0.15, -0.1) is 0 Å². The molecule has 1 atom stereocenters. The van der Waals surface area contributed by atoms with E-state index >= 15 is 0 Å². The second kappa shape index (κ2) is 6.12. The van der Waals surface area contributed by atoms with Crippen LogP contribution in [-0.2, 0) is 0 Å². The van der Waals surface area contributed by atoms with E-state index in [1.54, 1.807) is 0 Å². The molecule has 3 nitrogen and oxygen atoms in total. The number of aromatic nitrogens is 2. The molecular weight excluding hydrogens is 282 g/mol. The van der Waals surface area contributed by atoms with Crippen LogP contribution < -0.4 is 5.32 Å². The lowest BCUT2D eigenvalue weighted by molar-refractivity contribution is 0.657. The van der Waals surface area contributed by atoms with E-state index in [4.69, 9.17) is 11.6 Å². The van der Waals surface area contributed by atoms with Gasteiger partial charge in [-0.25, -0.2) is 4.68 Å². The molecule has 0 saturated heterocycles. The second-order valence-corrected chi connectivity index (χ2v) is 5.23. The van der Waals surface area contributed by atoms with Crippen molar-refractivity contribution in [1.29, 1.82) is 0 Å². The molecular formula is C17H16ClN3. The summed E-state index contributed by atoms with van der Waals surface area (Å²) in [6.45, 7) is 0. The van der Waals surface area contributed by atoms with E-state index in [1.165, 1.54) is 0 Å². The fraction of sp³-hybridized carbons (Fsp3) is 0.118. The van der Waals surface area contributed by atoms with Crippen LogP contribution in [0.4, 0.5) is 0 Å². The Labute approximate surface area is 129 Å². The van der Waals surface area contributed by atoms with Crippen molar-refractivity contribution in [2.24, 2.45) is 0 Å². The smallest absolute Gasteiger partial charge is 0.0843 e. The molecule has 0 fully saturated rings. The number of rotatable bonds is 4. The zero-order valence-electron chi connectivity index (χ0n) is 11.7. The molecule has 1 heterocycles. The lowest BCUT2D eigenvalue weighted by Gasteiger charge is -2.14. The Balaban J connectivity index is 1.92. The van der Waals surface area contributed by atoms with Gasteiger partial charge in [-0.3, -0.25) is 0 Å². The molecule has 0 aliphatic rings. The maximum absolute atomic E-state index is 5.95. The van der Waals surface area contributed by atoms with Gasteiger partial charge in [0, 0.05) is 11.2 Å². The molecule has 1 unspecified atom stereocenters. The van der Waals surface area contributed by atoms with Crippen LogP contribution in [0.3, 0.4) is 0 Å². The first-order valence-electron chi connectivity index (χ1n) is 6.81. The summed E-state index contributed by atoms with van der Waals surface area (Å²) in [6, 6.07) is 20.0. The van der Waals surface area contributed by atoms with E-state index in [-0.39, 0.29) is 6.04 Å². The van der Waals surface area contributed by atoms with E-state index < -0.39 is 0 Å². The van der Waals surface area contributed by atoms with E-state index in [9.17, 15) is 0 Å². The Bertz CT molecular complexity index is 704. The fourth-order valence-electron chi connectivity index (χ4n) is 2.36. The summed E-state index contributed by atoms with van der Waals surface area (Å²) in [5.74, 6) is 0. The van der Waals surface area contributed by atoms with E-state index in [2.05, 4.69) is 10.4 Å². The van der Waals surface area contributed by atoms with Crippen LogP contribution in [0.5, 0.6) is 0 Å². The van der Waals surface area contributed by atoms with Crippen molar-refractivity contribution < 1.29 is 0 Å². The zero-order valence-corrected chi connectivity index (χ0v) is 12.5. The molecule has 1 aromatic heterocycles. The Morgan fingerprint density at radius 1 is 1.00 bits per heavy atom. The highest BCUT2D eigenvalue weighted by atomic mass is 35.5. The summed E-state index contributed by atoms with van der Waals surface area (Å²) in [5.41, 5.74) is 3.17. The molecule has 4 heteroatoms. The average Bonchev–Trinajstić information content (AvgIpc) is 3.00. The summed E-state index contributed by atoms with van der Waals surface area (Å²) in [4.78, 5) is 0. The van der Waals surface area contributed by atoms with Crippen LogP contribution in [0.2, 0.25) is 5.02 Å². The molecule has 0 amide bonds. The number of hydrogen-bond acceptors (Lipinski definition) is 2. The van der Waals surface area contributed by atoms with Crippen LogP contribution in [-0.4, -0.2) is 16.8 Å². The molecule has 21 heavy (non-hydrogen) atoms. The number of nitrogens with one attached hydrogen (secondary N) is 1. The Hall–Kier alpha value is -2.10. The third-order valence-electron chi connectivity index (χ3n) is 3.42. The van der Waals surface area contributed by atoms with Crippen LogP contribution in [0.1, 0.15) is 17.3 Å². The first-order valence-corrected chi connectivity index (χ1v) is 7.19. The largest absolute Gasteiger partial charge is 0.308 e. The number of benzene rings is 2. The third kappa shape index (κ3) is 2.99. The maximum atomic E-state index is 5.95. The van der Waals surface area contributed by atoms with Gasteiger partial charge in [-0.1, -0.05) is 41.9 Å². The number of nitrogens with zero attached hydrogens (tertiary/aromatic N) is 2. The maximum Gasteiger partial charge on any atom is 0.0843 e. The van der Waals surface area contributed by atoms with Crippen molar-refractivity contribution in [1.82, 2.24) is 15.1 Å². The molecule has 0 aliphatic carbocycles. The highest BCUT2D eigenvalue weighted by Crippen LogP contribution is 2.22. The first kappa shape index (κ1) is 13.9. The Morgan fingerprint density at radius 3 is 2.38 bits per heavy atom. The van der Waals surface area contributed by atoms with Gasteiger partial charge < -0.3 is 5.32 Å². The Morgan fingerprint density at radius 2 is 1.71 bits per heavy atom. The van der Waals surface area contributed by atoms with E-state index in [1.807, 2.05) is 78.6 Å². The lowest BCUT2D eigenvalue weighted by atomic mass is 10.0. The fourth-order valence-corrected chi connectivity index (χ4v) is 2.48. The number of halogens is 1. The molecule has 106 valence electrons. The SMILES string of the molecule is CNC(c1ccc(Cl)cc1)c1ccn(-c2ccccc2)n1. The molecule has 0 radical (unpaired) electrons. The van der Waals surface area contributed by atoms with Crippen molar-refractivity contribution in [3.63, 3.8) is 0 Å². The van der Waals surface area contributed by atoms with E-state index in [0.717, 1.165) is 22.0 Å². The van der Waals surface area contributed by atoms with Gasteiger partial charge in [0.05, 0.1) is 17.4 Å². The van der Waals surface area contributed by atoms with Crippen molar-refractivity contribution in [3.05, 3.63) is 83.1 Å². The summed E-state index contributed by atoms with van der Waals surface area (Å²) < 4.78 is 1.88. The van der Waals surface area contributed by atoms with Crippen LogP contribution >= 0.6 is 11.6 Å². The van der Waals surface area contributed by atoms with Crippen molar-refractivity contribution in [3.8, 4) is 5.69 Å². The monoisotopic (exact) mass is 297 g/mol. The standard InChI is InChI=1S/C17H16ClN3/c1-19-17(13-7-9-14(18)10-8-13)16-11-12-21(20-16)15-5-3-2-4-6-15/h2-12,17,19H,1H3. The summed E-state index contributed by atoms with van der Waals surface area (Å²) in [7, 11) is 1.93. The normalized spacial score (nSPS) is 12.3. The van der Waals surface area contributed by atoms with Gasteiger partial charge in [0.1, 0.15) is 0 Å². The minimum absolute atomic E-state index is 0.0484. The zero-order chi connectivity index (χ0) is 14.7. The summed E-state index contributed by atoms with van der Waals surface area (Å²) >= 11 is 5.95. The minimum atomic E-state index is 0.0484. The highest BCUT2D eigenvalue weighted by Gasteiger charge is 2.15. The first-order chi connectivity index (χ1) is 10.3. The molecule has 1 N–H and O–H groups in total. The highest BCUT2D eigenvalue weighted by molar-refractivity contribution is 6.30. The van der Waals surface area contributed by atoms with Gasteiger partial charge in [0.2, 0.25) is 0 Å². The predicted molar refractivity (Wildman–Crippen MR) is 85.9 cm³/mol. The van der Waals surface area contributed by atoms with E-state index in [0.29, 0.717) is 0 Å². The van der Waals surface area contributed by atoms with Gasteiger partial charge in [-0.05, 0) is 42.9 Å². The predicted octanol–water partition coefficient (Wildman–Crippen LogP) is 3.83. The minimum Gasteiger partial charge on any atom is -0.308 e. The van der Waals surface area contributed by atoms with Crippen LogP contribution in [0.25, 0.3) is 5.69 Å². The second-order valence-electron chi connectivity index (χ2n) is 4.79. The summed E-state index contributed by atoms with van der Waals surface area (Å²) in [5, 5.41) is 8.71. The quantitative estimate of drug-likeness (QED) is 0.793. The summed E-state index contributed by atoms with van der Waals surface area (Å²) in [6.07, 6.45) is 1.98. The average molecular weight is 298 g/mol. The van der Waals surface area contributed by atoms with Crippen LogP contribution in [0.15, 0.2) is 66.9 Å². The molecule has 0 aliphatic heterocycles. The topological polar surface area (TPSA) is 29.9 Å². The van der Waals surface area contributed by atoms with Crippen molar-refractivity contribution >= 4 is 11.6 Å². The third-order valence-corrected chi connectivity index (χ3v) is 3.67. The van der Waals surface area contributed by atoms with Gasteiger partial charge in [-0.2, -0.15) is 5.10 Å². The molecule has 3 rings (SSSR count). The van der Waals surface area contributed by atoms with Crippen molar-refractivity contribution in [2.45, 2.75) is 6.04 Å². The van der Waals surface area contributed by atoms with Gasteiger partial charge >= 0.3 is 0 Å². The van der Waals surface area contributed by atoms with Gasteiger partial charge in [0.15, 0.2) is 0 Å². The van der Waals surface area contributed by atoms with Crippen molar-refractivity contribution in [2.75, 3.05) is 7.05 Å². The molecule has 3 aromatic rings. The molecule has 0 saturated carbocycles. The van der Waals surface area contributed by atoms with Gasteiger partial charge in [0.25, 0.3) is 0 Å².